The van der Waals surface area contributed by atoms with Crippen molar-refractivity contribution in [2.24, 2.45) is 0 Å². The fourth-order valence-electron chi connectivity index (χ4n) is 0.789. The molecule has 0 aliphatic carbocycles. The lowest BCUT2D eigenvalue weighted by molar-refractivity contribution is -0.141. The van der Waals surface area contributed by atoms with Crippen LogP contribution < -0.4 is 0 Å². The second-order valence-electron chi connectivity index (χ2n) is 2.60. The lowest BCUT2D eigenvalue weighted by atomic mass is 10.2. The van der Waals surface area contributed by atoms with Crippen LogP contribution in [0, 0.1) is 13.8 Å². The second-order valence-corrected chi connectivity index (χ2v) is 2.60. The molecule has 0 aromatic carbocycles. The van der Waals surface area contributed by atoms with Crippen LogP contribution in [0.3, 0.4) is 0 Å². The molecule has 0 bridgehead atoms. The Morgan fingerprint density at radius 1 is 1.07 bits per heavy atom. The van der Waals surface area contributed by atoms with Gasteiger partial charge in [-0.1, -0.05) is 19.9 Å². The van der Waals surface area contributed by atoms with Crippen molar-refractivity contribution in [2.75, 3.05) is 0 Å². The van der Waals surface area contributed by atoms with Crippen molar-refractivity contribution < 1.29 is 13.2 Å². The van der Waals surface area contributed by atoms with Crippen LogP contribution in [0.4, 0.5) is 13.2 Å². The van der Waals surface area contributed by atoms with Crippen molar-refractivity contribution in [1.82, 2.24) is 4.98 Å². The van der Waals surface area contributed by atoms with Gasteiger partial charge in [0.1, 0.15) is 5.69 Å². The van der Waals surface area contributed by atoms with Gasteiger partial charge in [0.15, 0.2) is 0 Å². The highest BCUT2D eigenvalue weighted by atomic mass is 19.4. The van der Waals surface area contributed by atoms with Crippen molar-refractivity contribution in [2.45, 2.75) is 33.9 Å². The summed E-state index contributed by atoms with van der Waals surface area (Å²) in [5, 5.41) is 0. The summed E-state index contributed by atoms with van der Waals surface area (Å²) in [5.41, 5.74) is 0.360. The van der Waals surface area contributed by atoms with E-state index in [4.69, 9.17) is 0 Å². The molecule has 1 aromatic heterocycles. The number of alkyl halides is 3. The van der Waals surface area contributed by atoms with Crippen molar-refractivity contribution in [3.05, 3.63) is 29.1 Å². The predicted octanol–water partition coefficient (Wildman–Crippen LogP) is 3.74. The fraction of sp³-hybridized carbons (Fsp3) is 0.500. The van der Waals surface area contributed by atoms with Gasteiger partial charge in [-0.15, -0.1) is 0 Å². The molecule has 0 fully saturated rings. The Morgan fingerprint density at radius 3 is 1.93 bits per heavy atom. The van der Waals surface area contributed by atoms with E-state index in [0.717, 1.165) is 11.6 Å². The Hall–Kier alpha value is -1.06. The average molecular weight is 205 g/mol. The smallest absolute Gasteiger partial charge is 0.248 e. The maximum absolute atomic E-state index is 12.0. The first-order valence-electron chi connectivity index (χ1n) is 4.42. The first-order valence-corrected chi connectivity index (χ1v) is 4.42. The van der Waals surface area contributed by atoms with Crippen LogP contribution in [0.2, 0.25) is 0 Å². The maximum atomic E-state index is 12.0. The highest BCUT2D eigenvalue weighted by Crippen LogP contribution is 2.27. The monoisotopic (exact) mass is 205 g/mol. The zero-order valence-corrected chi connectivity index (χ0v) is 8.74. The Balaban J connectivity index is 0.000000791. The summed E-state index contributed by atoms with van der Waals surface area (Å²) >= 11 is 0. The quantitative estimate of drug-likeness (QED) is 0.628. The lowest BCUT2D eigenvalue weighted by Crippen LogP contribution is -2.08. The van der Waals surface area contributed by atoms with Crippen LogP contribution in [0.25, 0.3) is 0 Å². The molecule has 14 heavy (non-hydrogen) atoms. The molecule has 80 valence electrons. The summed E-state index contributed by atoms with van der Waals surface area (Å²) in [6.45, 7) is 7.28. The van der Waals surface area contributed by atoms with Gasteiger partial charge < -0.3 is 0 Å². The molecule has 0 saturated carbocycles. The van der Waals surface area contributed by atoms with Crippen LogP contribution >= 0.6 is 0 Å². The van der Waals surface area contributed by atoms with E-state index in [2.05, 4.69) is 4.98 Å². The van der Waals surface area contributed by atoms with Crippen LogP contribution in [0.1, 0.15) is 30.8 Å². The molecule has 1 aromatic rings. The third-order valence-electron chi connectivity index (χ3n) is 1.64. The molecule has 0 spiro atoms. The standard InChI is InChI=1S/C8H8F3N.C2H6/c1-5-3-4-7(8(9,10)11)12-6(5)2;1-2/h3-4H,1-2H3;1-2H3. The number of hydrogen-bond donors (Lipinski definition) is 0. The van der Waals surface area contributed by atoms with Gasteiger partial charge in [0.25, 0.3) is 0 Å². The van der Waals surface area contributed by atoms with Crippen molar-refractivity contribution >= 4 is 0 Å². The molecule has 0 unspecified atom stereocenters. The molecule has 4 heteroatoms. The van der Waals surface area contributed by atoms with E-state index in [1.807, 2.05) is 13.8 Å². The zero-order chi connectivity index (χ0) is 11.4. The largest absolute Gasteiger partial charge is 0.433 e. The minimum absolute atomic E-state index is 0.421. The molecule has 0 amide bonds. The fourth-order valence-corrected chi connectivity index (χ4v) is 0.789. The summed E-state index contributed by atoms with van der Waals surface area (Å²) in [4.78, 5) is 3.42. The summed E-state index contributed by atoms with van der Waals surface area (Å²) in [5.74, 6) is 0. The summed E-state index contributed by atoms with van der Waals surface area (Å²) in [6, 6.07) is 2.41. The molecule has 0 aliphatic heterocycles. The number of halogens is 3. The van der Waals surface area contributed by atoms with E-state index in [-0.39, 0.29) is 0 Å². The minimum Gasteiger partial charge on any atom is -0.248 e. The van der Waals surface area contributed by atoms with Crippen LogP contribution in [0.5, 0.6) is 0 Å². The minimum atomic E-state index is -4.33. The number of aromatic nitrogens is 1. The van der Waals surface area contributed by atoms with Crippen LogP contribution in [-0.4, -0.2) is 4.98 Å². The van der Waals surface area contributed by atoms with Crippen molar-refractivity contribution in [3.8, 4) is 0 Å². The molecule has 1 rings (SSSR count). The van der Waals surface area contributed by atoms with Gasteiger partial charge in [-0.05, 0) is 25.5 Å². The van der Waals surface area contributed by atoms with Gasteiger partial charge in [0.2, 0.25) is 0 Å². The Bertz CT molecular complexity index is 292. The van der Waals surface area contributed by atoms with E-state index in [9.17, 15) is 13.2 Å². The number of aryl methyl sites for hydroxylation is 2. The Kier molecular flexibility index (Phi) is 4.60. The molecular formula is C10H14F3N. The molecular weight excluding hydrogens is 191 g/mol. The molecule has 0 aliphatic rings. The first-order chi connectivity index (χ1) is 6.41. The Morgan fingerprint density at radius 2 is 1.57 bits per heavy atom. The van der Waals surface area contributed by atoms with Gasteiger partial charge in [0, 0.05) is 5.69 Å². The topological polar surface area (TPSA) is 12.9 Å². The number of nitrogens with zero attached hydrogens (tertiary/aromatic N) is 1. The van der Waals surface area contributed by atoms with Gasteiger partial charge in [-0.3, -0.25) is 0 Å². The number of hydrogen-bond acceptors (Lipinski definition) is 1. The molecule has 1 nitrogen and oxygen atoms in total. The van der Waals surface area contributed by atoms with E-state index < -0.39 is 11.9 Å². The van der Waals surface area contributed by atoms with Crippen molar-refractivity contribution in [3.63, 3.8) is 0 Å². The lowest BCUT2D eigenvalue weighted by Gasteiger charge is -2.06. The first kappa shape index (κ1) is 12.9. The molecule has 0 N–H and O–H groups in total. The van der Waals surface area contributed by atoms with Crippen LogP contribution in [-0.2, 0) is 6.18 Å². The van der Waals surface area contributed by atoms with E-state index in [0.29, 0.717) is 5.69 Å². The average Bonchev–Trinajstić information content (AvgIpc) is 2.11. The highest BCUT2D eigenvalue weighted by molar-refractivity contribution is 5.21. The van der Waals surface area contributed by atoms with E-state index >= 15 is 0 Å². The second kappa shape index (κ2) is 4.98. The van der Waals surface area contributed by atoms with Crippen LogP contribution in [0.15, 0.2) is 12.1 Å². The number of rotatable bonds is 0. The molecule has 0 radical (unpaired) electrons. The molecule has 0 saturated heterocycles. The third kappa shape index (κ3) is 3.36. The number of pyridine rings is 1. The normalized spacial score (nSPS) is 10.5. The van der Waals surface area contributed by atoms with Crippen molar-refractivity contribution in [1.29, 1.82) is 0 Å². The van der Waals surface area contributed by atoms with Gasteiger partial charge in [0.05, 0.1) is 0 Å². The zero-order valence-electron chi connectivity index (χ0n) is 8.74. The Labute approximate surface area is 82.0 Å². The molecule has 1 heterocycles. The van der Waals surface area contributed by atoms with Gasteiger partial charge >= 0.3 is 6.18 Å². The maximum Gasteiger partial charge on any atom is 0.433 e. The third-order valence-corrected chi connectivity index (χ3v) is 1.64. The molecule has 0 atom stereocenters. The summed E-state index contributed by atoms with van der Waals surface area (Å²) in [7, 11) is 0. The predicted molar refractivity (Wildman–Crippen MR) is 50.1 cm³/mol. The van der Waals surface area contributed by atoms with E-state index in [1.54, 1.807) is 13.8 Å². The van der Waals surface area contributed by atoms with Gasteiger partial charge in [-0.25, -0.2) is 4.98 Å². The summed E-state index contributed by atoms with van der Waals surface area (Å²) < 4.78 is 36.1. The van der Waals surface area contributed by atoms with Gasteiger partial charge in [-0.2, -0.15) is 13.2 Å². The van der Waals surface area contributed by atoms with E-state index in [1.165, 1.54) is 6.07 Å². The summed E-state index contributed by atoms with van der Waals surface area (Å²) in [6.07, 6.45) is -4.33. The SMILES string of the molecule is CC.Cc1ccc(C(F)(F)F)nc1C. The highest BCUT2D eigenvalue weighted by Gasteiger charge is 2.32.